The van der Waals surface area contributed by atoms with Crippen LogP contribution in [0.2, 0.25) is 0 Å². The van der Waals surface area contributed by atoms with Crippen LogP contribution in [-0.2, 0) is 4.79 Å². The van der Waals surface area contributed by atoms with Gasteiger partial charge < -0.3 is 10.6 Å². The Labute approximate surface area is 135 Å². The Kier molecular flexibility index (Phi) is 6.36. The summed E-state index contributed by atoms with van der Waals surface area (Å²) in [6.07, 6.45) is 11.1. The van der Waals surface area contributed by atoms with Crippen LogP contribution < -0.4 is 10.6 Å². The van der Waals surface area contributed by atoms with Gasteiger partial charge in [0, 0.05) is 25.0 Å². The van der Waals surface area contributed by atoms with Gasteiger partial charge in [-0.2, -0.15) is 0 Å². The molecule has 1 saturated carbocycles. The summed E-state index contributed by atoms with van der Waals surface area (Å²) in [5.41, 5.74) is 0. The molecule has 2 aliphatic heterocycles. The summed E-state index contributed by atoms with van der Waals surface area (Å²) in [5, 5.41) is 6.85. The molecule has 2 unspecified atom stereocenters. The lowest BCUT2D eigenvalue weighted by atomic mass is 9.83. The van der Waals surface area contributed by atoms with Crippen LogP contribution >= 0.6 is 12.4 Å². The molecule has 2 saturated heterocycles. The molecule has 0 aromatic rings. The SMILES string of the molecule is CC1CCC(CNC(=O)CC2CC3CCC(C2)N3)CC1.Cl. The zero-order valence-corrected chi connectivity index (χ0v) is 14.1. The maximum atomic E-state index is 12.1. The fraction of sp³-hybridized carbons (Fsp3) is 0.941. The first kappa shape index (κ1) is 17.1. The van der Waals surface area contributed by atoms with Crippen molar-refractivity contribution < 1.29 is 4.79 Å². The summed E-state index contributed by atoms with van der Waals surface area (Å²) in [7, 11) is 0. The molecule has 1 aliphatic carbocycles. The minimum atomic E-state index is 0. The standard InChI is InChI=1S/C17H30N2O.ClH/c1-12-2-4-13(5-3-12)11-18-17(20)10-14-8-15-6-7-16(9-14)19-15;/h12-16,19H,2-11H2,1H3,(H,18,20);1H. The highest BCUT2D eigenvalue weighted by atomic mass is 35.5. The van der Waals surface area contributed by atoms with Crippen LogP contribution in [0.5, 0.6) is 0 Å². The van der Waals surface area contributed by atoms with Crippen LogP contribution in [0.4, 0.5) is 0 Å². The molecule has 3 aliphatic rings. The van der Waals surface area contributed by atoms with Crippen molar-refractivity contribution in [1.29, 1.82) is 0 Å². The van der Waals surface area contributed by atoms with E-state index < -0.39 is 0 Å². The third-order valence-electron chi connectivity index (χ3n) is 5.77. The largest absolute Gasteiger partial charge is 0.356 e. The molecule has 0 aromatic heterocycles. The Hall–Kier alpha value is -0.280. The highest BCUT2D eigenvalue weighted by Gasteiger charge is 2.34. The summed E-state index contributed by atoms with van der Waals surface area (Å²) in [6.45, 7) is 3.27. The Morgan fingerprint density at radius 3 is 2.24 bits per heavy atom. The van der Waals surface area contributed by atoms with Crippen LogP contribution in [-0.4, -0.2) is 24.5 Å². The van der Waals surface area contributed by atoms with Gasteiger partial charge in [0.1, 0.15) is 0 Å². The molecule has 122 valence electrons. The second-order valence-corrected chi connectivity index (χ2v) is 7.61. The van der Waals surface area contributed by atoms with Gasteiger partial charge in [0.05, 0.1) is 0 Å². The third-order valence-corrected chi connectivity index (χ3v) is 5.77. The van der Waals surface area contributed by atoms with Crippen molar-refractivity contribution in [2.45, 2.75) is 76.8 Å². The zero-order chi connectivity index (χ0) is 13.9. The number of rotatable bonds is 4. The van der Waals surface area contributed by atoms with Crippen molar-refractivity contribution >= 4 is 18.3 Å². The fourth-order valence-electron chi connectivity index (χ4n) is 4.47. The molecular weight excluding hydrogens is 284 g/mol. The van der Waals surface area contributed by atoms with Crippen LogP contribution in [0.1, 0.15) is 64.7 Å². The van der Waals surface area contributed by atoms with Gasteiger partial charge in [0.2, 0.25) is 5.91 Å². The molecule has 1 amide bonds. The quantitative estimate of drug-likeness (QED) is 0.836. The van der Waals surface area contributed by atoms with Gasteiger partial charge in [-0.25, -0.2) is 0 Å². The summed E-state index contributed by atoms with van der Waals surface area (Å²) < 4.78 is 0. The van der Waals surface area contributed by atoms with Crippen LogP contribution in [0.3, 0.4) is 0 Å². The molecule has 4 heteroatoms. The van der Waals surface area contributed by atoms with E-state index in [0.29, 0.717) is 23.9 Å². The van der Waals surface area contributed by atoms with Crippen molar-refractivity contribution in [2.24, 2.45) is 17.8 Å². The van der Waals surface area contributed by atoms with Gasteiger partial charge >= 0.3 is 0 Å². The topological polar surface area (TPSA) is 41.1 Å². The van der Waals surface area contributed by atoms with E-state index in [1.807, 2.05) is 0 Å². The Morgan fingerprint density at radius 1 is 1.00 bits per heavy atom. The minimum absolute atomic E-state index is 0. The second-order valence-electron chi connectivity index (χ2n) is 7.61. The van der Waals surface area contributed by atoms with E-state index >= 15 is 0 Å². The summed E-state index contributed by atoms with van der Waals surface area (Å²) in [5.74, 6) is 2.56. The molecule has 0 aromatic carbocycles. The number of piperidine rings is 1. The highest BCUT2D eigenvalue weighted by Crippen LogP contribution is 2.32. The Bertz CT molecular complexity index is 330. The number of halogens is 1. The van der Waals surface area contributed by atoms with Crippen molar-refractivity contribution in [1.82, 2.24) is 10.6 Å². The minimum Gasteiger partial charge on any atom is -0.356 e. The van der Waals surface area contributed by atoms with Crippen molar-refractivity contribution in [2.75, 3.05) is 6.54 Å². The molecule has 2 heterocycles. The van der Waals surface area contributed by atoms with Crippen LogP contribution in [0.25, 0.3) is 0 Å². The lowest BCUT2D eigenvalue weighted by molar-refractivity contribution is -0.122. The maximum Gasteiger partial charge on any atom is 0.220 e. The van der Waals surface area contributed by atoms with Gasteiger partial charge in [0.15, 0.2) is 0 Å². The van der Waals surface area contributed by atoms with Gasteiger partial charge in [-0.15, -0.1) is 12.4 Å². The molecule has 3 nitrogen and oxygen atoms in total. The normalized spacial score (nSPS) is 38.6. The number of hydrogen-bond acceptors (Lipinski definition) is 2. The van der Waals surface area contributed by atoms with E-state index in [1.54, 1.807) is 0 Å². The Morgan fingerprint density at radius 2 is 1.62 bits per heavy atom. The van der Waals surface area contributed by atoms with Gasteiger partial charge in [-0.1, -0.05) is 19.8 Å². The number of amides is 1. The highest BCUT2D eigenvalue weighted by molar-refractivity contribution is 5.85. The average Bonchev–Trinajstić information content (AvgIpc) is 2.77. The first-order valence-corrected chi connectivity index (χ1v) is 8.71. The number of hydrogen-bond donors (Lipinski definition) is 2. The number of nitrogens with one attached hydrogen (secondary N) is 2. The van der Waals surface area contributed by atoms with Crippen LogP contribution in [0.15, 0.2) is 0 Å². The first-order valence-electron chi connectivity index (χ1n) is 8.71. The lowest BCUT2D eigenvalue weighted by Crippen LogP contribution is -2.40. The average molecular weight is 315 g/mol. The smallest absolute Gasteiger partial charge is 0.220 e. The van der Waals surface area contributed by atoms with E-state index in [9.17, 15) is 4.79 Å². The summed E-state index contributed by atoms with van der Waals surface area (Å²) >= 11 is 0. The van der Waals surface area contributed by atoms with E-state index in [4.69, 9.17) is 0 Å². The van der Waals surface area contributed by atoms with E-state index in [1.165, 1.54) is 51.4 Å². The number of carbonyl (C=O) groups is 1. The molecule has 0 radical (unpaired) electrons. The fourth-order valence-corrected chi connectivity index (χ4v) is 4.47. The van der Waals surface area contributed by atoms with Crippen LogP contribution in [0, 0.1) is 17.8 Å². The van der Waals surface area contributed by atoms with Crippen molar-refractivity contribution in [3.05, 3.63) is 0 Å². The predicted octanol–water partition coefficient (Wildman–Crippen LogP) is 3.27. The molecule has 0 spiro atoms. The zero-order valence-electron chi connectivity index (χ0n) is 13.3. The second kappa shape index (κ2) is 7.82. The molecule has 21 heavy (non-hydrogen) atoms. The molecule has 2 atom stereocenters. The summed E-state index contributed by atoms with van der Waals surface area (Å²) in [4.78, 5) is 12.1. The third kappa shape index (κ3) is 4.85. The molecule has 2 bridgehead atoms. The van der Waals surface area contributed by atoms with E-state index in [-0.39, 0.29) is 12.4 Å². The van der Waals surface area contributed by atoms with Crippen molar-refractivity contribution in [3.63, 3.8) is 0 Å². The maximum absolute atomic E-state index is 12.1. The van der Waals surface area contributed by atoms with Gasteiger partial charge in [0.25, 0.3) is 0 Å². The Balaban J connectivity index is 0.00000161. The molecule has 2 N–H and O–H groups in total. The monoisotopic (exact) mass is 314 g/mol. The predicted molar refractivity (Wildman–Crippen MR) is 88.7 cm³/mol. The number of carbonyl (C=O) groups excluding carboxylic acids is 1. The van der Waals surface area contributed by atoms with E-state index in [0.717, 1.165) is 24.8 Å². The van der Waals surface area contributed by atoms with E-state index in [2.05, 4.69) is 17.6 Å². The lowest BCUT2D eigenvalue weighted by Gasteiger charge is -2.29. The van der Waals surface area contributed by atoms with Gasteiger partial charge in [-0.3, -0.25) is 4.79 Å². The number of fused-ring (bicyclic) bond motifs is 2. The van der Waals surface area contributed by atoms with Crippen molar-refractivity contribution in [3.8, 4) is 0 Å². The first-order chi connectivity index (χ1) is 9.69. The molecule has 3 fully saturated rings. The summed E-state index contributed by atoms with van der Waals surface area (Å²) in [6, 6.07) is 1.40. The van der Waals surface area contributed by atoms with Gasteiger partial charge in [-0.05, 0) is 56.3 Å². The molecule has 3 rings (SSSR count). The molecular formula is C17H31ClN2O.